The number of amides is 2. The number of hydrogen-bond acceptors (Lipinski definition) is 4. The molecular formula is C13H18N2O4. The van der Waals surface area contributed by atoms with Gasteiger partial charge in [-0.2, -0.15) is 0 Å². The summed E-state index contributed by atoms with van der Waals surface area (Å²) in [7, 11) is 1.28. The maximum absolute atomic E-state index is 11.4. The zero-order valence-corrected chi connectivity index (χ0v) is 11.0. The van der Waals surface area contributed by atoms with Crippen molar-refractivity contribution in [2.24, 2.45) is 0 Å². The lowest BCUT2D eigenvalue weighted by Crippen LogP contribution is -2.41. The van der Waals surface area contributed by atoms with Crippen molar-refractivity contribution in [2.75, 3.05) is 13.7 Å². The van der Waals surface area contributed by atoms with E-state index in [-0.39, 0.29) is 19.2 Å². The first-order chi connectivity index (χ1) is 9.11. The van der Waals surface area contributed by atoms with Crippen LogP contribution in [0.15, 0.2) is 30.3 Å². The van der Waals surface area contributed by atoms with Gasteiger partial charge in [0.25, 0.3) is 0 Å². The summed E-state index contributed by atoms with van der Waals surface area (Å²) in [5.41, 5.74) is 0.915. The number of benzene rings is 1. The van der Waals surface area contributed by atoms with Crippen molar-refractivity contribution in [1.82, 2.24) is 10.6 Å². The Labute approximate surface area is 112 Å². The van der Waals surface area contributed by atoms with E-state index >= 15 is 0 Å². The van der Waals surface area contributed by atoms with Crippen molar-refractivity contribution in [3.63, 3.8) is 0 Å². The molecule has 1 aromatic carbocycles. The normalized spacial score (nSPS) is 11.3. The minimum atomic E-state index is -0.535. The van der Waals surface area contributed by atoms with E-state index in [1.165, 1.54) is 7.11 Å². The van der Waals surface area contributed by atoms with Gasteiger partial charge in [0.1, 0.15) is 6.61 Å². The molecule has 0 saturated heterocycles. The van der Waals surface area contributed by atoms with Crippen molar-refractivity contribution in [1.29, 1.82) is 0 Å². The zero-order valence-electron chi connectivity index (χ0n) is 11.0. The van der Waals surface area contributed by atoms with Crippen molar-refractivity contribution in [3.8, 4) is 0 Å². The van der Waals surface area contributed by atoms with Gasteiger partial charge in [-0.05, 0) is 12.5 Å². The van der Waals surface area contributed by atoms with Crippen LogP contribution < -0.4 is 10.6 Å². The van der Waals surface area contributed by atoms with E-state index < -0.39 is 12.2 Å². The third-order valence-electron chi connectivity index (χ3n) is 2.31. The predicted octanol–water partition coefficient (Wildman–Crippen LogP) is 1.66. The van der Waals surface area contributed by atoms with E-state index in [2.05, 4.69) is 15.4 Å². The van der Waals surface area contributed by atoms with E-state index in [1.807, 2.05) is 30.3 Å². The van der Waals surface area contributed by atoms with E-state index in [4.69, 9.17) is 4.74 Å². The van der Waals surface area contributed by atoms with Crippen LogP contribution in [0.2, 0.25) is 0 Å². The van der Waals surface area contributed by atoms with Crippen LogP contribution in [0.5, 0.6) is 0 Å². The molecule has 0 unspecified atom stereocenters. The van der Waals surface area contributed by atoms with Gasteiger partial charge in [-0.25, -0.2) is 9.59 Å². The standard InChI is InChI=1S/C13H18N2O4/c1-10(15-13(17)18-2)8-14-12(16)19-9-11-6-4-3-5-7-11/h3-7,10H,8-9H2,1-2H3,(H,14,16)(H,15,17)/t10-/m1/s1. The summed E-state index contributed by atoms with van der Waals surface area (Å²) in [5, 5.41) is 5.08. The molecule has 1 atom stereocenters. The fraction of sp³-hybridized carbons (Fsp3) is 0.385. The Hall–Kier alpha value is -2.24. The van der Waals surface area contributed by atoms with Crippen molar-refractivity contribution < 1.29 is 19.1 Å². The molecule has 0 heterocycles. The molecule has 0 aliphatic heterocycles. The molecule has 0 spiro atoms. The van der Waals surface area contributed by atoms with Gasteiger partial charge in [-0.1, -0.05) is 30.3 Å². The molecule has 0 aliphatic rings. The minimum absolute atomic E-state index is 0.214. The highest BCUT2D eigenvalue weighted by molar-refractivity contribution is 5.68. The molecule has 0 aliphatic carbocycles. The van der Waals surface area contributed by atoms with E-state index in [9.17, 15) is 9.59 Å². The Morgan fingerprint density at radius 3 is 2.53 bits per heavy atom. The van der Waals surface area contributed by atoms with Gasteiger partial charge in [0.15, 0.2) is 0 Å². The van der Waals surface area contributed by atoms with Crippen molar-refractivity contribution in [3.05, 3.63) is 35.9 Å². The van der Waals surface area contributed by atoms with Gasteiger partial charge < -0.3 is 20.1 Å². The van der Waals surface area contributed by atoms with Crippen LogP contribution in [0, 0.1) is 0 Å². The number of ether oxygens (including phenoxy) is 2. The molecule has 6 nitrogen and oxygen atoms in total. The van der Waals surface area contributed by atoms with Gasteiger partial charge >= 0.3 is 12.2 Å². The van der Waals surface area contributed by atoms with E-state index in [0.717, 1.165) is 5.56 Å². The first-order valence-electron chi connectivity index (χ1n) is 5.91. The fourth-order valence-corrected chi connectivity index (χ4v) is 1.32. The Morgan fingerprint density at radius 1 is 1.21 bits per heavy atom. The van der Waals surface area contributed by atoms with Crippen LogP contribution in [-0.2, 0) is 16.1 Å². The van der Waals surface area contributed by atoms with Gasteiger partial charge in [0.2, 0.25) is 0 Å². The molecule has 0 radical (unpaired) electrons. The van der Waals surface area contributed by atoms with Crippen LogP contribution in [0.1, 0.15) is 12.5 Å². The summed E-state index contributed by atoms with van der Waals surface area (Å²) in [6, 6.07) is 9.14. The lowest BCUT2D eigenvalue weighted by Gasteiger charge is -2.13. The molecule has 19 heavy (non-hydrogen) atoms. The summed E-state index contributed by atoms with van der Waals surface area (Å²) in [6.45, 7) is 2.22. The molecule has 1 aromatic rings. The van der Waals surface area contributed by atoms with Crippen LogP contribution in [-0.4, -0.2) is 31.9 Å². The largest absolute Gasteiger partial charge is 0.453 e. The number of methoxy groups -OCH3 is 1. The second-order valence-corrected chi connectivity index (χ2v) is 3.98. The topological polar surface area (TPSA) is 76.7 Å². The molecule has 0 bridgehead atoms. The van der Waals surface area contributed by atoms with E-state index in [0.29, 0.717) is 0 Å². The van der Waals surface area contributed by atoms with Crippen LogP contribution in [0.3, 0.4) is 0 Å². The third kappa shape index (κ3) is 6.30. The number of nitrogens with one attached hydrogen (secondary N) is 2. The fourth-order valence-electron chi connectivity index (χ4n) is 1.32. The zero-order chi connectivity index (χ0) is 14.1. The number of carbonyl (C=O) groups is 2. The third-order valence-corrected chi connectivity index (χ3v) is 2.31. The van der Waals surface area contributed by atoms with Crippen molar-refractivity contribution in [2.45, 2.75) is 19.6 Å². The van der Waals surface area contributed by atoms with Gasteiger partial charge in [-0.15, -0.1) is 0 Å². The molecule has 6 heteroatoms. The molecule has 1 rings (SSSR count). The Bertz CT molecular complexity index is 408. The SMILES string of the molecule is COC(=O)N[C@H](C)CNC(=O)OCc1ccccc1. The molecular weight excluding hydrogens is 248 g/mol. The minimum Gasteiger partial charge on any atom is -0.453 e. The number of rotatable bonds is 5. The molecule has 2 amide bonds. The molecule has 2 N–H and O–H groups in total. The van der Waals surface area contributed by atoms with Crippen LogP contribution in [0.25, 0.3) is 0 Å². The first-order valence-corrected chi connectivity index (χ1v) is 5.91. The predicted molar refractivity (Wildman–Crippen MR) is 69.6 cm³/mol. The van der Waals surface area contributed by atoms with Gasteiger partial charge in [-0.3, -0.25) is 0 Å². The summed E-state index contributed by atoms with van der Waals surface area (Å²) < 4.78 is 9.45. The molecule has 0 fully saturated rings. The second-order valence-electron chi connectivity index (χ2n) is 3.98. The monoisotopic (exact) mass is 266 g/mol. The number of alkyl carbamates (subject to hydrolysis) is 2. The highest BCUT2D eigenvalue weighted by Gasteiger charge is 2.09. The van der Waals surface area contributed by atoms with Gasteiger partial charge in [0, 0.05) is 12.6 Å². The second kappa shape index (κ2) is 7.97. The Kier molecular flexibility index (Phi) is 6.21. The number of carbonyl (C=O) groups excluding carboxylic acids is 2. The van der Waals surface area contributed by atoms with Crippen LogP contribution >= 0.6 is 0 Å². The summed E-state index contributed by atoms with van der Waals surface area (Å²) >= 11 is 0. The van der Waals surface area contributed by atoms with E-state index in [1.54, 1.807) is 6.92 Å². The Morgan fingerprint density at radius 2 is 1.89 bits per heavy atom. The van der Waals surface area contributed by atoms with Crippen LogP contribution in [0.4, 0.5) is 9.59 Å². The lowest BCUT2D eigenvalue weighted by atomic mass is 10.2. The number of hydrogen-bond donors (Lipinski definition) is 2. The maximum atomic E-state index is 11.4. The Balaban J connectivity index is 2.19. The average Bonchev–Trinajstić information content (AvgIpc) is 2.43. The van der Waals surface area contributed by atoms with Gasteiger partial charge in [0.05, 0.1) is 7.11 Å². The highest BCUT2D eigenvalue weighted by atomic mass is 16.5. The molecule has 0 aromatic heterocycles. The summed E-state index contributed by atoms with van der Waals surface area (Å²) in [4.78, 5) is 22.3. The summed E-state index contributed by atoms with van der Waals surface area (Å²) in [5.74, 6) is 0. The average molecular weight is 266 g/mol. The maximum Gasteiger partial charge on any atom is 0.407 e. The molecule has 0 saturated carbocycles. The lowest BCUT2D eigenvalue weighted by molar-refractivity contribution is 0.137. The highest BCUT2D eigenvalue weighted by Crippen LogP contribution is 2.00. The smallest absolute Gasteiger partial charge is 0.407 e. The molecule has 104 valence electrons. The first kappa shape index (κ1) is 14.8. The quantitative estimate of drug-likeness (QED) is 0.849. The summed E-state index contributed by atoms with van der Waals surface area (Å²) in [6.07, 6.45) is -1.06. The van der Waals surface area contributed by atoms with Crippen molar-refractivity contribution >= 4 is 12.2 Å².